The number of piperazine rings is 1. The second kappa shape index (κ2) is 25.0. The summed E-state index contributed by atoms with van der Waals surface area (Å²) in [6, 6.07) is 15.2. The molecular weight excluding hydrogens is 983 g/mol. The van der Waals surface area contributed by atoms with Gasteiger partial charge in [-0.05, 0) is 117 Å². The van der Waals surface area contributed by atoms with Crippen LogP contribution in [0.15, 0.2) is 81.5 Å². The molecule has 23 heteroatoms. The lowest BCUT2D eigenvalue weighted by Gasteiger charge is -2.38. The van der Waals surface area contributed by atoms with E-state index in [9.17, 15) is 40.8 Å². The van der Waals surface area contributed by atoms with Crippen molar-refractivity contribution in [3.8, 4) is 11.5 Å². The van der Waals surface area contributed by atoms with E-state index in [1.54, 1.807) is 108 Å². The second-order valence-electron chi connectivity index (χ2n) is 17.6. The minimum absolute atomic E-state index is 0.0148. The first-order valence-corrected chi connectivity index (χ1v) is 26.3. The maximum absolute atomic E-state index is 14.0. The topological polar surface area (TPSA) is 309 Å². The molecule has 1 saturated heterocycles. The fourth-order valence-corrected chi connectivity index (χ4v) is 11.4. The quantitative estimate of drug-likeness (QED) is 0.0242. The maximum Gasteiger partial charge on any atom is 0.325 e. The Balaban J connectivity index is 1.24. The number of amides is 4. The van der Waals surface area contributed by atoms with E-state index in [0.717, 1.165) is 5.56 Å². The van der Waals surface area contributed by atoms with Crippen LogP contribution in [0.2, 0.25) is 0 Å². The number of carbonyl (C=O) groups excluding carboxylic acids is 5. The first-order valence-electron chi connectivity index (χ1n) is 23.3. The monoisotopic (exact) mass is 1050 g/mol. The number of methoxy groups -OCH3 is 2. The molecule has 394 valence electrons. The number of esters is 1. The number of carbonyl (C=O) groups is 5. The van der Waals surface area contributed by atoms with E-state index in [-0.39, 0.29) is 55.4 Å². The van der Waals surface area contributed by atoms with Crippen LogP contribution in [-0.2, 0) is 68.5 Å². The van der Waals surface area contributed by atoms with Crippen LogP contribution in [0.25, 0.3) is 0 Å². The summed E-state index contributed by atoms with van der Waals surface area (Å²) in [7, 11) is -5.09. The zero-order chi connectivity index (χ0) is 53.8. The van der Waals surface area contributed by atoms with E-state index in [2.05, 4.69) is 30.4 Å². The van der Waals surface area contributed by atoms with Crippen LogP contribution in [0.1, 0.15) is 69.3 Å². The number of nitrogens with two attached hydrogens (primary N) is 2. The smallest absolute Gasteiger partial charge is 0.325 e. The minimum atomic E-state index is -4.18. The van der Waals surface area contributed by atoms with E-state index < -0.39 is 86.7 Å². The Morgan fingerprint density at radius 2 is 1.37 bits per heavy atom. The summed E-state index contributed by atoms with van der Waals surface area (Å²) in [5, 5.41) is 7.62. The van der Waals surface area contributed by atoms with Crippen LogP contribution < -0.4 is 46.3 Å². The van der Waals surface area contributed by atoms with Gasteiger partial charge in [-0.15, -0.1) is 0 Å². The largest absolute Gasteiger partial charge is 0.496 e. The number of aryl methyl sites for hydroxylation is 2. The molecule has 1 fully saturated rings. The van der Waals surface area contributed by atoms with Gasteiger partial charge in [0.1, 0.15) is 42.8 Å². The lowest BCUT2D eigenvalue weighted by Crippen LogP contribution is -2.65. The summed E-state index contributed by atoms with van der Waals surface area (Å²) in [6.07, 6.45) is -0.583. The predicted octanol–water partition coefficient (Wildman–Crippen LogP) is 2.00. The van der Waals surface area contributed by atoms with Crippen LogP contribution >= 0.6 is 0 Å². The third-order valence-electron chi connectivity index (χ3n) is 12.4. The molecule has 0 saturated carbocycles. The van der Waals surface area contributed by atoms with E-state index in [1.807, 2.05) is 0 Å². The Labute approximate surface area is 426 Å². The standard InChI is InChI=1S/C50H65N9O12S2/c1-29-21-41(69-7)31(3)33(5)45(29)72(65,66)55-25-35-16-18-36(19-17-35)27-59-40(24-51)48(63)57-39(49(59)64)23-43(60)56-38(47(62)54-26-44(61)71-28-37-13-10-9-11-14-37)15-12-20-53-50(52)58-73(67,68)46-30(2)22-42(70-8)32(4)34(46)6/h9-11,13-14,16-19,21-22,38-40,55H,12,15,20,23-28,51H2,1-8H3,(H,54,62)(H,56,60)(H,57,63)(H3,52,53,58)/t38-,39+,40-/m0/s1. The molecule has 9 N–H and O–H groups in total. The Morgan fingerprint density at radius 3 is 1.95 bits per heavy atom. The van der Waals surface area contributed by atoms with Gasteiger partial charge >= 0.3 is 5.97 Å². The van der Waals surface area contributed by atoms with Gasteiger partial charge in [0.15, 0.2) is 0 Å². The number of hydrogen-bond acceptors (Lipinski definition) is 14. The molecule has 0 bridgehead atoms. The molecule has 73 heavy (non-hydrogen) atoms. The number of benzene rings is 4. The van der Waals surface area contributed by atoms with Gasteiger partial charge in [-0.3, -0.25) is 29.0 Å². The van der Waals surface area contributed by atoms with Crippen LogP contribution in [0.4, 0.5) is 0 Å². The summed E-state index contributed by atoms with van der Waals surface area (Å²) in [4.78, 5) is 72.7. The van der Waals surface area contributed by atoms with Crippen molar-refractivity contribution in [2.45, 2.75) is 108 Å². The van der Waals surface area contributed by atoms with Gasteiger partial charge in [0.2, 0.25) is 39.6 Å². The first-order chi connectivity index (χ1) is 34.5. The van der Waals surface area contributed by atoms with Crippen LogP contribution in [0.5, 0.6) is 11.5 Å². The lowest BCUT2D eigenvalue weighted by atomic mass is 10.0. The molecule has 1 heterocycles. The van der Waals surface area contributed by atoms with E-state index in [4.69, 9.17) is 25.7 Å². The van der Waals surface area contributed by atoms with Crippen molar-refractivity contribution in [3.05, 3.63) is 117 Å². The molecular formula is C50H65N9O12S2. The Kier molecular flexibility index (Phi) is 19.5. The predicted molar refractivity (Wildman–Crippen MR) is 272 cm³/mol. The SMILES string of the molecule is COc1cc(C)c(S(=O)(=O)NCc2ccc(CN3C(=O)[C@@H](CC(=O)N[C@@H](CCCN=C(N)NS(=O)(=O)c4c(C)cc(OC)c(C)c4C)C(=O)NCC(=O)OCc4ccccc4)NC(=O)[C@@H]3CN)cc2)c(C)c1C. The fraction of sp³-hybridized carbons (Fsp3) is 0.400. The Bertz CT molecular complexity index is 2950. The zero-order valence-corrected chi connectivity index (χ0v) is 43.8. The van der Waals surface area contributed by atoms with Gasteiger partial charge in [-0.1, -0.05) is 54.6 Å². The highest BCUT2D eigenvalue weighted by Gasteiger charge is 2.41. The Morgan fingerprint density at radius 1 is 0.795 bits per heavy atom. The van der Waals surface area contributed by atoms with Crippen molar-refractivity contribution in [3.63, 3.8) is 0 Å². The lowest BCUT2D eigenvalue weighted by molar-refractivity contribution is -0.150. The molecule has 21 nitrogen and oxygen atoms in total. The normalized spacial score (nSPS) is 15.5. The van der Waals surface area contributed by atoms with Crippen molar-refractivity contribution in [1.82, 2.24) is 30.3 Å². The fourth-order valence-electron chi connectivity index (χ4n) is 8.38. The van der Waals surface area contributed by atoms with Gasteiger partial charge in [-0.2, -0.15) is 0 Å². The van der Waals surface area contributed by atoms with E-state index in [0.29, 0.717) is 56.0 Å². The van der Waals surface area contributed by atoms with Crippen molar-refractivity contribution in [2.75, 3.05) is 33.9 Å². The molecule has 0 aliphatic carbocycles. The number of nitrogens with zero attached hydrogens (tertiary/aromatic N) is 2. The molecule has 4 aromatic carbocycles. The van der Waals surface area contributed by atoms with Gasteiger partial charge in [-0.25, -0.2) is 26.3 Å². The average Bonchev–Trinajstić information content (AvgIpc) is 3.34. The summed E-state index contributed by atoms with van der Waals surface area (Å²) in [6.45, 7) is 9.17. The summed E-state index contributed by atoms with van der Waals surface area (Å²) < 4.78 is 74.6. The molecule has 1 aliphatic heterocycles. The number of guanidine groups is 1. The van der Waals surface area contributed by atoms with Gasteiger partial charge in [0.25, 0.3) is 10.0 Å². The highest BCUT2D eigenvalue weighted by atomic mass is 32.2. The third kappa shape index (κ3) is 14.5. The summed E-state index contributed by atoms with van der Waals surface area (Å²) >= 11 is 0. The molecule has 0 unspecified atom stereocenters. The van der Waals surface area contributed by atoms with Crippen molar-refractivity contribution in [1.29, 1.82) is 0 Å². The van der Waals surface area contributed by atoms with E-state index in [1.165, 1.54) is 19.1 Å². The number of sulfonamides is 2. The molecule has 0 spiro atoms. The summed E-state index contributed by atoms with van der Waals surface area (Å²) in [5.41, 5.74) is 17.2. The molecule has 4 amide bonds. The number of rotatable bonds is 23. The summed E-state index contributed by atoms with van der Waals surface area (Å²) in [5.74, 6) is -2.86. The third-order valence-corrected chi connectivity index (χ3v) is 15.8. The van der Waals surface area contributed by atoms with Crippen molar-refractivity contribution < 1.29 is 55.0 Å². The maximum atomic E-state index is 14.0. The van der Waals surface area contributed by atoms with Crippen LogP contribution in [-0.4, -0.2) is 109 Å². The highest BCUT2D eigenvalue weighted by molar-refractivity contribution is 7.90. The van der Waals surface area contributed by atoms with Crippen LogP contribution in [0, 0.1) is 41.5 Å². The molecule has 5 rings (SSSR count). The van der Waals surface area contributed by atoms with Crippen LogP contribution in [0.3, 0.4) is 0 Å². The average molecular weight is 1050 g/mol. The molecule has 0 aromatic heterocycles. The number of nitrogens with one attached hydrogen (secondary N) is 5. The first kappa shape index (κ1) is 56.8. The van der Waals surface area contributed by atoms with E-state index >= 15 is 0 Å². The highest BCUT2D eigenvalue weighted by Crippen LogP contribution is 2.32. The zero-order valence-electron chi connectivity index (χ0n) is 42.2. The van der Waals surface area contributed by atoms with Crippen molar-refractivity contribution >= 4 is 55.6 Å². The van der Waals surface area contributed by atoms with Crippen molar-refractivity contribution in [2.24, 2.45) is 16.5 Å². The molecule has 4 aromatic rings. The number of hydrogen-bond donors (Lipinski definition) is 7. The molecule has 0 radical (unpaired) electrons. The second-order valence-corrected chi connectivity index (χ2v) is 20.9. The minimum Gasteiger partial charge on any atom is -0.496 e. The number of aliphatic imine (C=N–C) groups is 1. The molecule has 1 aliphatic rings. The van der Waals surface area contributed by atoms with Gasteiger partial charge in [0, 0.05) is 26.2 Å². The molecule has 3 atom stereocenters. The number of ether oxygens (including phenoxy) is 3. The van der Waals surface area contributed by atoms with Gasteiger partial charge < -0.3 is 46.5 Å². The Hall–Kier alpha value is -7.08. The van der Waals surface area contributed by atoms with Gasteiger partial charge in [0.05, 0.1) is 30.4 Å².